The molecule has 0 spiro atoms. The zero-order chi connectivity index (χ0) is 11.5. The molecule has 3 heteroatoms. The second kappa shape index (κ2) is 4.54. The van der Waals surface area contributed by atoms with E-state index in [1.807, 2.05) is 19.1 Å². The van der Waals surface area contributed by atoms with Gasteiger partial charge in [0, 0.05) is 25.9 Å². The van der Waals surface area contributed by atoms with E-state index in [9.17, 15) is 0 Å². The van der Waals surface area contributed by atoms with Gasteiger partial charge in [-0.05, 0) is 37.1 Å². The molecule has 0 N–H and O–H groups in total. The first-order chi connectivity index (χ1) is 7.74. The number of nitriles is 1. The highest BCUT2D eigenvalue weighted by atomic mass is 16.5. The Bertz CT molecular complexity index is 422. The molecule has 1 aliphatic heterocycles. The van der Waals surface area contributed by atoms with Gasteiger partial charge in [0.15, 0.2) is 0 Å². The van der Waals surface area contributed by atoms with Gasteiger partial charge in [-0.3, -0.25) is 0 Å². The standard InChI is InChI=1S/C13H16N2O/c1-10-7-12(4-3-11(10)8-14)15-6-5-13(9-15)16-2/h3-4,7,13H,5-6,9H2,1-2H3. The van der Waals surface area contributed by atoms with Crippen molar-refractivity contribution in [2.75, 3.05) is 25.1 Å². The highest BCUT2D eigenvalue weighted by Crippen LogP contribution is 2.23. The summed E-state index contributed by atoms with van der Waals surface area (Å²) in [6.07, 6.45) is 1.42. The molecule has 1 fully saturated rings. The molecular weight excluding hydrogens is 200 g/mol. The van der Waals surface area contributed by atoms with E-state index in [0.29, 0.717) is 6.10 Å². The molecule has 1 aliphatic rings. The minimum atomic E-state index is 0.343. The first-order valence-electron chi connectivity index (χ1n) is 5.53. The second-order valence-electron chi connectivity index (χ2n) is 4.20. The summed E-state index contributed by atoms with van der Waals surface area (Å²) >= 11 is 0. The maximum absolute atomic E-state index is 8.87. The van der Waals surface area contributed by atoms with Crippen molar-refractivity contribution in [1.82, 2.24) is 0 Å². The van der Waals surface area contributed by atoms with Crippen LogP contribution in [0.15, 0.2) is 18.2 Å². The zero-order valence-corrected chi connectivity index (χ0v) is 9.73. The fraction of sp³-hybridized carbons (Fsp3) is 0.462. The van der Waals surface area contributed by atoms with Gasteiger partial charge < -0.3 is 9.64 Å². The Hall–Kier alpha value is -1.53. The first kappa shape index (κ1) is 11.0. The minimum Gasteiger partial charge on any atom is -0.380 e. The summed E-state index contributed by atoms with van der Waals surface area (Å²) in [6, 6.07) is 8.18. The topological polar surface area (TPSA) is 36.3 Å². The van der Waals surface area contributed by atoms with Gasteiger partial charge in [0.25, 0.3) is 0 Å². The summed E-state index contributed by atoms with van der Waals surface area (Å²) in [7, 11) is 1.76. The van der Waals surface area contributed by atoms with Gasteiger partial charge in [-0.2, -0.15) is 5.26 Å². The molecule has 2 rings (SSSR count). The van der Waals surface area contributed by atoms with E-state index in [2.05, 4.69) is 17.0 Å². The lowest BCUT2D eigenvalue weighted by atomic mass is 10.1. The number of ether oxygens (including phenoxy) is 1. The maximum atomic E-state index is 8.87. The van der Waals surface area contributed by atoms with E-state index < -0.39 is 0 Å². The van der Waals surface area contributed by atoms with E-state index in [4.69, 9.17) is 10.00 Å². The Morgan fingerprint density at radius 2 is 2.31 bits per heavy atom. The molecule has 1 heterocycles. The van der Waals surface area contributed by atoms with Crippen LogP contribution in [0.2, 0.25) is 0 Å². The Morgan fingerprint density at radius 3 is 2.88 bits per heavy atom. The summed E-state index contributed by atoms with van der Waals surface area (Å²) in [4.78, 5) is 2.31. The van der Waals surface area contributed by atoms with E-state index in [1.54, 1.807) is 7.11 Å². The summed E-state index contributed by atoms with van der Waals surface area (Å²) < 4.78 is 5.34. The Kier molecular flexibility index (Phi) is 3.12. The van der Waals surface area contributed by atoms with Crippen molar-refractivity contribution in [2.24, 2.45) is 0 Å². The van der Waals surface area contributed by atoms with Gasteiger partial charge in [0.2, 0.25) is 0 Å². The van der Waals surface area contributed by atoms with Crippen LogP contribution in [0.3, 0.4) is 0 Å². The monoisotopic (exact) mass is 216 g/mol. The van der Waals surface area contributed by atoms with Crippen LogP contribution in [-0.2, 0) is 4.74 Å². The number of hydrogen-bond donors (Lipinski definition) is 0. The quantitative estimate of drug-likeness (QED) is 0.759. The van der Waals surface area contributed by atoms with Crippen molar-refractivity contribution in [3.8, 4) is 6.07 Å². The molecule has 0 amide bonds. The highest BCUT2D eigenvalue weighted by molar-refractivity contribution is 5.54. The number of rotatable bonds is 2. The SMILES string of the molecule is COC1CCN(c2ccc(C#N)c(C)c2)C1. The minimum absolute atomic E-state index is 0.343. The van der Waals surface area contributed by atoms with Crippen LogP contribution in [-0.4, -0.2) is 26.3 Å². The first-order valence-corrected chi connectivity index (χ1v) is 5.53. The number of aryl methyl sites for hydroxylation is 1. The molecule has 0 radical (unpaired) electrons. The molecule has 0 saturated carbocycles. The van der Waals surface area contributed by atoms with Gasteiger partial charge in [-0.25, -0.2) is 0 Å². The third-order valence-corrected chi connectivity index (χ3v) is 3.17. The molecule has 1 aromatic rings. The summed E-state index contributed by atoms with van der Waals surface area (Å²) in [5.41, 5.74) is 2.99. The van der Waals surface area contributed by atoms with E-state index in [-0.39, 0.29) is 0 Å². The number of nitrogens with zero attached hydrogens (tertiary/aromatic N) is 2. The van der Waals surface area contributed by atoms with E-state index in [1.165, 1.54) is 5.69 Å². The number of benzene rings is 1. The van der Waals surface area contributed by atoms with Crippen molar-refractivity contribution in [1.29, 1.82) is 5.26 Å². The lowest BCUT2D eigenvalue weighted by Gasteiger charge is -2.19. The average molecular weight is 216 g/mol. The molecule has 16 heavy (non-hydrogen) atoms. The highest BCUT2D eigenvalue weighted by Gasteiger charge is 2.22. The van der Waals surface area contributed by atoms with Gasteiger partial charge in [-0.1, -0.05) is 0 Å². The van der Waals surface area contributed by atoms with Gasteiger partial charge in [0.1, 0.15) is 0 Å². The average Bonchev–Trinajstić information content (AvgIpc) is 2.77. The van der Waals surface area contributed by atoms with Crippen LogP contribution in [0.5, 0.6) is 0 Å². The molecule has 0 bridgehead atoms. The third-order valence-electron chi connectivity index (χ3n) is 3.17. The fourth-order valence-electron chi connectivity index (χ4n) is 2.13. The van der Waals surface area contributed by atoms with Crippen LogP contribution in [0.25, 0.3) is 0 Å². The van der Waals surface area contributed by atoms with Crippen molar-refractivity contribution >= 4 is 5.69 Å². The predicted molar refractivity (Wildman–Crippen MR) is 63.5 cm³/mol. The molecule has 0 aliphatic carbocycles. The van der Waals surface area contributed by atoms with Gasteiger partial charge in [-0.15, -0.1) is 0 Å². The molecule has 1 unspecified atom stereocenters. The van der Waals surface area contributed by atoms with Crippen molar-refractivity contribution in [2.45, 2.75) is 19.4 Å². The lowest BCUT2D eigenvalue weighted by Crippen LogP contribution is -2.22. The van der Waals surface area contributed by atoms with Crippen LogP contribution in [0, 0.1) is 18.3 Å². The largest absolute Gasteiger partial charge is 0.380 e. The Morgan fingerprint density at radius 1 is 1.50 bits per heavy atom. The Balaban J connectivity index is 2.17. The van der Waals surface area contributed by atoms with Gasteiger partial charge >= 0.3 is 0 Å². The smallest absolute Gasteiger partial charge is 0.0994 e. The maximum Gasteiger partial charge on any atom is 0.0994 e. The van der Waals surface area contributed by atoms with Crippen molar-refractivity contribution < 1.29 is 4.74 Å². The van der Waals surface area contributed by atoms with E-state index in [0.717, 1.165) is 30.6 Å². The van der Waals surface area contributed by atoms with Crippen LogP contribution in [0.1, 0.15) is 17.5 Å². The molecular formula is C13H16N2O. The Labute approximate surface area is 96.2 Å². The van der Waals surface area contributed by atoms with Crippen molar-refractivity contribution in [3.63, 3.8) is 0 Å². The zero-order valence-electron chi connectivity index (χ0n) is 9.73. The van der Waals surface area contributed by atoms with Gasteiger partial charge in [0.05, 0.1) is 17.7 Å². The predicted octanol–water partition coefficient (Wildman–Crippen LogP) is 2.09. The molecule has 3 nitrogen and oxygen atoms in total. The van der Waals surface area contributed by atoms with Crippen LogP contribution < -0.4 is 4.90 Å². The molecule has 1 aromatic carbocycles. The number of anilines is 1. The number of methoxy groups -OCH3 is 1. The molecule has 1 saturated heterocycles. The number of hydrogen-bond acceptors (Lipinski definition) is 3. The summed E-state index contributed by atoms with van der Waals surface area (Å²) in [6.45, 7) is 3.96. The normalized spacial score (nSPS) is 19.8. The van der Waals surface area contributed by atoms with E-state index >= 15 is 0 Å². The molecule has 0 aromatic heterocycles. The second-order valence-corrected chi connectivity index (χ2v) is 4.20. The fourth-order valence-corrected chi connectivity index (χ4v) is 2.13. The third kappa shape index (κ3) is 2.02. The molecule has 84 valence electrons. The van der Waals surface area contributed by atoms with Crippen LogP contribution in [0.4, 0.5) is 5.69 Å². The molecule has 1 atom stereocenters. The van der Waals surface area contributed by atoms with Crippen LogP contribution >= 0.6 is 0 Å². The summed E-state index contributed by atoms with van der Waals surface area (Å²) in [5, 5.41) is 8.87. The van der Waals surface area contributed by atoms with Crippen molar-refractivity contribution in [3.05, 3.63) is 29.3 Å². The lowest BCUT2D eigenvalue weighted by molar-refractivity contribution is 0.121. The summed E-state index contributed by atoms with van der Waals surface area (Å²) in [5.74, 6) is 0.